The Balaban J connectivity index is 1.64. The molecule has 0 N–H and O–H groups in total. The van der Waals surface area contributed by atoms with Gasteiger partial charge in [0.25, 0.3) is 0 Å². The average Bonchev–Trinajstić information content (AvgIpc) is 3.03. The first-order chi connectivity index (χ1) is 21.3. The first-order valence-electron chi connectivity index (χ1n) is 14.9. The van der Waals surface area contributed by atoms with Gasteiger partial charge < -0.3 is 4.90 Å². The van der Waals surface area contributed by atoms with E-state index in [-0.39, 0.29) is 11.0 Å². The van der Waals surface area contributed by atoms with Gasteiger partial charge in [0, 0.05) is 19.8 Å². The summed E-state index contributed by atoms with van der Waals surface area (Å²) in [7, 11) is 4.10. The number of nitrogens with zero attached hydrogens (tertiary/aromatic N) is 3. The molecule has 0 bridgehead atoms. The molecule has 0 heterocycles. The van der Waals surface area contributed by atoms with Gasteiger partial charge in [0.15, 0.2) is 0 Å². The summed E-state index contributed by atoms with van der Waals surface area (Å²) in [6.07, 6.45) is 12.3. The largest absolute Gasteiger partial charge is 0.378 e. The monoisotopic (exact) mass is 571 g/mol. The van der Waals surface area contributed by atoms with Crippen molar-refractivity contribution in [2.24, 2.45) is 5.41 Å². The molecule has 0 saturated carbocycles. The maximum absolute atomic E-state index is 9.54. The third-order valence-electron chi connectivity index (χ3n) is 7.99. The molecule has 0 radical (unpaired) electrons. The maximum atomic E-state index is 9.54. The van der Waals surface area contributed by atoms with Crippen LogP contribution in [0.1, 0.15) is 43.4 Å². The Morgan fingerprint density at radius 1 is 0.682 bits per heavy atom. The fourth-order valence-corrected chi connectivity index (χ4v) is 5.80. The van der Waals surface area contributed by atoms with Crippen molar-refractivity contribution in [3.05, 3.63) is 143 Å². The lowest BCUT2D eigenvalue weighted by atomic mass is 9.74. The van der Waals surface area contributed by atoms with Crippen LogP contribution < -0.4 is 4.90 Å². The Labute approximate surface area is 262 Å². The molecule has 0 aliphatic heterocycles. The maximum Gasteiger partial charge on any atom is 0.132 e. The van der Waals surface area contributed by atoms with Gasteiger partial charge in [0.2, 0.25) is 0 Å². The van der Waals surface area contributed by atoms with Gasteiger partial charge in [-0.3, -0.25) is 0 Å². The molecule has 44 heavy (non-hydrogen) atoms. The molecule has 1 aliphatic carbocycles. The van der Waals surface area contributed by atoms with Crippen LogP contribution in [0.4, 0.5) is 5.69 Å². The standard InChI is InChI=1S/C41H37N3/c1-41(2)26-31(23-36(27-41)37(28-42)29-43)16-20-35-25-39(32-11-7-5-8-12-32)34(24-40(35)33-13-9-6-10-14-33)19-15-30-17-21-38(22-18-30)44(3)4/h5-25H,26-27H2,1-4H3/b19-15+,20-16+. The van der Waals surface area contributed by atoms with E-state index < -0.39 is 0 Å². The van der Waals surface area contributed by atoms with Crippen LogP contribution in [0.3, 0.4) is 0 Å². The molecule has 3 nitrogen and oxygen atoms in total. The van der Waals surface area contributed by atoms with Gasteiger partial charge in [0.05, 0.1) is 0 Å². The highest BCUT2D eigenvalue weighted by molar-refractivity contribution is 5.88. The highest BCUT2D eigenvalue weighted by atomic mass is 15.1. The molecule has 0 unspecified atom stereocenters. The summed E-state index contributed by atoms with van der Waals surface area (Å²) in [6, 6.07) is 38.3. The number of nitriles is 2. The molecule has 1 aliphatic rings. The Bertz CT molecular complexity index is 1820. The normalized spacial score (nSPS) is 14.2. The fraction of sp³-hybridized carbons (Fsp3) is 0.171. The second-order valence-electron chi connectivity index (χ2n) is 12.3. The molecule has 5 rings (SSSR count). The van der Waals surface area contributed by atoms with Gasteiger partial charge in [-0.05, 0) is 92.6 Å². The van der Waals surface area contributed by atoms with Gasteiger partial charge in [-0.25, -0.2) is 0 Å². The SMILES string of the molecule is CN(C)c1ccc(/C=C/c2cc(-c3ccccc3)c(/C=C/C3=CC(=C(C#N)C#N)CC(C)(C)C3)cc2-c2ccccc2)cc1. The topological polar surface area (TPSA) is 50.8 Å². The van der Waals surface area contributed by atoms with Gasteiger partial charge >= 0.3 is 0 Å². The molecular formula is C41H37N3. The number of hydrogen-bond donors (Lipinski definition) is 0. The van der Waals surface area contributed by atoms with Crippen molar-refractivity contribution in [2.45, 2.75) is 26.7 Å². The summed E-state index contributed by atoms with van der Waals surface area (Å²) in [5.74, 6) is 0. The summed E-state index contributed by atoms with van der Waals surface area (Å²) in [4.78, 5) is 2.10. The van der Waals surface area contributed by atoms with Gasteiger partial charge in [-0.15, -0.1) is 0 Å². The van der Waals surface area contributed by atoms with Crippen molar-refractivity contribution in [2.75, 3.05) is 19.0 Å². The quantitative estimate of drug-likeness (QED) is 0.164. The first kappa shape index (κ1) is 30.1. The zero-order valence-corrected chi connectivity index (χ0v) is 25.9. The lowest BCUT2D eigenvalue weighted by Gasteiger charge is -2.30. The minimum absolute atomic E-state index is 0.0421. The number of hydrogen-bond acceptors (Lipinski definition) is 3. The predicted molar refractivity (Wildman–Crippen MR) is 185 cm³/mol. The van der Waals surface area contributed by atoms with Crippen molar-refractivity contribution < 1.29 is 0 Å². The van der Waals surface area contributed by atoms with E-state index in [0.717, 1.165) is 56.5 Å². The van der Waals surface area contributed by atoms with E-state index >= 15 is 0 Å². The number of rotatable bonds is 7. The van der Waals surface area contributed by atoms with Crippen molar-refractivity contribution in [1.29, 1.82) is 10.5 Å². The van der Waals surface area contributed by atoms with Crippen LogP contribution in [0.15, 0.2) is 126 Å². The van der Waals surface area contributed by atoms with E-state index in [1.165, 1.54) is 5.69 Å². The van der Waals surface area contributed by atoms with E-state index in [1.807, 2.05) is 18.2 Å². The number of anilines is 1. The Morgan fingerprint density at radius 2 is 1.20 bits per heavy atom. The second kappa shape index (κ2) is 13.3. The minimum Gasteiger partial charge on any atom is -0.378 e. The Hall–Kier alpha value is -5.38. The van der Waals surface area contributed by atoms with Crippen molar-refractivity contribution in [3.63, 3.8) is 0 Å². The molecular weight excluding hydrogens is 534 g/mol. The van der Waals surface area contributed by atoms with E-state index in [2.05, 4.69) is 154 Å². The van der Waals surface area contributed by atoms with Crippen LogP contribution in [-0.4, -0.2) is 14.1 Å². The molecule has 0 saturated heterocycles. The summed E-state index contributed by atoms with van der Waals surface area (Å²) >= 11 is 0. The van der Waals surface area contributed by atoms with Crippen molar-refractivity contribution in [1.82, 2.24) is 0 Å². The number of benzene rings is 4. The van der Waals surface area contributed by atoms with Gasteiger partial charge in [-0.1, -0.05) is 117 Å². The lowest BCUT2D eigenvalue weighted by Crippen LogP contribution is -2.17. The predicted octanol–water partition coefficient (Wildman–Crippen LogP) is 10.4. The average molecular weight is 572 g/mol. The molecule has 4 aromatic carbocycles. The Morgan fingerprint density at radius 3 is 1.70 bits per heavy atom. The molecule has 0 amide bonds. The smallest absolute Gasteiger partial charge is 0.132 e. The van der Waals surface area contributed by atoms with Crippen LogP contribution in [0.2, 0.25) is 0 Å². The second-order valence-corrected chi connectivity index (χ2v) is 12.3. The molecule has 0 aromatic heterocycles. The fourth-order valence-electron chi connectivity index (χ4n) is 5.80. The Kier molecular flexibility index (Phi) is 9.09. The molecule has 3 heteroatoms. The summed E-state index contributed by atoms with van der Waals surface area (Å²) < 4.78 is 0. The molecule has 216 valence electrons. The van der Waals surface area contributed by atoms with Crippen LogP contribution in [0, 0.1) is 28.1 Å². The van der Waals surface area contributed by atoms with Crippen LogP contribution in [0.5, 0.6) is 0 Å². The molecule has 0 atom stereocenters. The van der Waals surface area contributed by atoms with Gasteiger partial charge in [-0.2, -0.15) is 10.5 Å². The molecule has 4 aromatic rings. The number of allylic oxidation sites excluding steroid dienone is 5. The minimum atomic E-state index is -0.0421. The van der Waals surface area contributed by atoms with E-state index in [4.69, 9.17) is 0 Å². The summed E-state index contributed by atoms with van der Waals surface area (Å²) in [6.45, 7) is 4.39. The highest BCUT2D eigenvalue weighted by Gasteiger charge is 2.26. The van der Waals surface area contributed by atoms with Crippen molar-refractivity contribution in [3.8, 4) is 34.4 Å². The van der Waals surface area contributed by atoms with Crippen LogP contribution >= 0.6 is 0 Å². The molecule has 0 fully saturated rings. The zero-order valence-electron chi connectivity index (χ0n) is 25.9. The van der Waals surface area contributed by atoms with E-state index in [9.17, 15) is 10.5 Å². The van der Waals surface area contributed by atoms with E-state index in [0.29, 0.717) is 6.42 Å². The summed E-state index contributed by atoms with van der Waals surface area (Å²) in [5, 5.41) is 19.1. The lowest BCUT2D eigenvalue weighted by molar-refractivity contribution is 0.354. The van der Waals surface area contributed by atoms with Gasteiger partial charge in [0.1, 0.15) is 17.7 Å². The highest BCUT2D eigenvalue weighted by Crippen LogP contribution is 2.40. The van der Waals surface area contributed by atoms with Crippen molar-refractivity contribution >= 4 is 23.9 Å². The third-order valence-corrected chi connectivity index (χ3v) is 7.99. The first-order valence-corrected chi connectivity index (χ1v) is 14.9. The summed E-state index contributed by atoms with van der Waals surface area (Å²) in [5.41, 5.74) is 11.3. The third kappa shape index (κ3) is 7.15. The van der Waals surface area contributed by atoms with Crippen LogP contribution in [-0.2, 0) is 0 Å². The molecule has 0 spiro atoms. The van der Waals surface area contributed by atoms with E-state index in [1.54, 1.807) is 0 Å². The van der Waals surface area contributed by atoms with Crippen LogP contribution in [0.25, 0.3) is 40.5 Å². The zero-order chi connectivity index (χ0) is 31.1.